The lowest BCUT2D eigenvalue weighted by atomic mass is 10.1. The van der Waals surface area contributed by atoms with Crippen LogP contribution in [-0.2, 0) is 0 Å². The van der Waals surface area contributed by atoms with E-state index in [2.05, 4.69) is 5.32 Å². The molecule has 0 aliphatic carbocycles. The van der Waals surface area contributed by atoms with Crippen molar-refractivity contribution in [3.05, 3.63) is 23.8 Å². The molecular weight excluding hydrogens is 264 g/mol. The molecular formula is C13H18N2O5. The molecule has 0 fully saturated rings. The van der Waals surface area contributed by atoms with Crippen molar-refractivity contribution in [1.29, 1.82) is 0 Å². The Bertz CT molecular complexity index is 502. The van der Waals surface area contributed by atoms with Gasteiger partial charge in [0.2, 0.25) is 0 Å². The average Bonchev–Trinajstić information content (AvgIpc) is 2.37. The molecule has 2 amide bonds. The fourth-order valence-electron chi connectivity index (χ4n) is 1.51. The van der Waals surface area contributed by atoms with Crippen molar-refractivity contribution in [2.24, 2.45) is 0 Å². The van der Waals surface area contributed by atoms with Crippen molar-refractivity contribution in [1.82, 2.24) is 4.90 Å². The first-order valence-corrected chi connectivity index (χ1v) is 6.07. The first-order chi connectivity index (χ1) is 9.31. The molecule has 0 bridgehead atoms. The van der Waals surface area contributed by atoms with E-state index < -0.39 is 18.1 Å². The van der Waals surface area contributed by atoms with Crippen molar-refractivity contribution in [3.63, 3.8) is 0 Å². The number of benzene rings is 1. The van der Waals surface area contributed by atoms with Crippen LogP contribution in [0.25, 0.3) is 0 Å². The number of anilines is 1. The molecule has 110 valence electrons. The number of amides is 2. The maximum absolute atomic E-state index is 11.9. The van der Waals surface area contributed by atoms with Gasteiger partial charge < -0.3 is 25.5 Å². The molecule has 0 saturated carbocycles. The molecule has 0 radical (unpaired) electrons. The Hall–Kier alpha value is -2.28. The maximum atomic E-state index is 11.9. The van der Waals surface area contributed by atoms with E-state index in [4.69, 9.17) is 10.2 Å². The van der Waals surface area contributed by atoms with Crippen LogP contribution in [0.2, 0.25) is 0 Å². The molecule has 0 spiro atoms. The highest BCUT2D eigenvalue weighted by Crippen LogP contribution is 2.21. The molecule has 20 heavy (non-hydrogen) atoms. The zero-order valence-corrected chi connectivity index (χ0v) is 11.3. The maximum Gasteiger partial charge on any atom is 0.337 e. The highest BCUT2D eigenvalue weighted by molar-refractivity contribution is 6.00. The molecule has 0 aliphatic heterocycles. The van der Waals surface area contributed by atoms with E-state index >= 15 is 0 Å². The van der Waals surface area contributed by atoms with Gasteiger partial charge in [-0.25, -0.2) is 9.59 Å². The third kappa shape index (κ3) is 4.43. The topological polar surface area (TPSA) is 110 Å². The molecule has 0 heterocycles. The standard InChI is InChI=1S/C13H18N2O5/c1-8(16)5-6-15(2)13(20)14-11-4-3-9(17)7-10(11)12(18)19/h3-4,7-8,16-17H,5-6H2,1-2H3,(H,14,20)(H,18,19). The number of hydrogen-bond donors (Lipinski definition) is 4. The summed E-state index contributed by atoms with van der Waals surface area (Å²) in [5.74, 6) is -1.44. The highest BCUT2D eigenvalue weighted by atomic mass is 16.4. The van der Waals surface area contributed by atoms with Crippen LogP contribution < -0.4 is 5.32 Å². The summed E-state index contributed by atoms with van der Waals surface area (Å²) in [5.41, 5.74) is -0.0912. The van der Waals surface area contributed by atoms with Crippen molar-refractivity contribution >= 4 is 17.7 Å². The van der Waals surface area contributed by atoms with Crippen LogP contribution in [0.3, 0.4) is 0 Å². The van der Waals surface area contributed by atoms with Crippen molar-refractivity contribution in [2.75, 3.05) is 18.9 Å². The molecule has 1 aromatic carbocycles. The van der Waals surface area contributed by atoms with Crippen molar-refractivity contribution in [3.8, 4) is 5.75 Å². The first-order valence-electron chi connectivity index (χ1n) is 6.07. The predicted molar refractivity (Wildman–Crippen MR) is 73.0 cm³/mol. The molecule has 1 rings (SSSR count). The van der Waals surface area contributed by atoms with Crippen LogP contribution in [0.1, 0.15) is 23.7 Å². The summed E-state index contributed by atoms with van der Waals surface area (Å²) in [6.07, 6.45) is -0.0980. The number of nitrogens with zero attached hydrogens (tertiary/aromatic N) is 1. The second-order valence-electron chi connectivity index (χ2n) is 4.52. The Morgan fingerprint density at radius 2 is 2.05 bits per heavy atom. The van der Waals surface area contributed by atoms with E-state index in [1.807, 2.05) is 0 Å². The lowest BCUT2D eigenvalue weighted by Gasteiger charge is -2.19. The Morgan fingerprint density at radius 3 is 2.60 bits per heavy atom. The minimum absolute atomic E-state index is 0.101. The summed E-state index contributed by atoms with van der Waals surface area (Å²) < 4.78 is 0. The van der Waals surface area contributed by atoms with Crippen LogP contribution in [0.5, 0.6) is 5.75 Å². The van der Waals surface area contributed by atoms with Gasteiger partial charge in [0.15, 0.2) is 0 Å². The van der Waals surface area contributed by atoms with E-state index in [9.17, 15) is 14.7 Å². The van der Waals surface area contributed by atoms with Crippen LogP contribution in [0, 0.1) is 0 Å². The number of phenolic OH excluding ortho intramolecular Hbond substituents is 1. The van der Waals surface area contributed by atoms with Crippen LogP contribution >= 0.6 is 0 Å². The summed E-state index contributed by atoms with van der Waals surface area (Å²) in [6, 6.07) is 3.18. The van der Waals surface area contributed by atoms with Gasteiger partial charge in [0, 0.05) is 13.6 Å². The molecule has 4 N–H and O–H groups in total. The number of aliphatic hydroxyl groups is 1. The molecule has 1 atom stereocenters. The molecule has 0 saturated heterocycles. The molecule has 7 heteroatoms. The van der Waals surface area contributed by atoms with Gasteiger partial charge in [0.1, 0.15) is 5.75 Å². The normalized spacial score (nSPS) is 11.8. The van der Waals surface area contributed by atoms with E-state index in [0.29, 0.717) is 13.0 Å². The van der Waals surface area contributed by atoms with Crippen LogP contribution in [0.15, 0.2) is 18.2 Å². The summed E-state index contributed by atoms with van der Waals surface area (Å²) in [6.45, 7) is 1.96. The van der Waals surface area contributed by atoms with Gasteiger partial charge in [-0.3, -0.25) is 0 Å². The van der Waals surface area contributed by atoms with Gasteiger partial charge in [-0.1, -0.05) is 0 Å². The lowest BCUT2D eigenvalue weighted by molar-refractivity contribution is 0.0697. The number of phenols is 1. The molecule has 0 aromatic heterocycles. The van der Waals surface area contributed by atoms with Gasteiger partial charge in [0.05, 0.1) is 17.4 Å². The zero-order chi connectivity index (χ0) is 15.3. The van der Waals surface area contributed by atoms with Gasteiger partial charge >= 0.3 is 12.0 Å². The fraction of sp³-hybridized carbons (Fsp3) is 0.385. The minimum atomic E-state index is -1.25. The van der Waals surface area contributed by atoms with Gasteiger partial charge in [-0.2, -0.15) is 0 Å². The third-order valence-electron chi connectivity index (χ3n) is 2.70. The predicted octanol–water partition coefficient (Wildman–Crippen LogP) is 1.33. The zero-order valence-electron chi connectivity index (χ0n) is 11.3. The quantitative estimate of drug-likeness (QED) is 0.609. The van der Waals surface area contributed by atoms with Gasteiger partial charge in [0.25, 0.3) is 0 Å². The highest BCUT2D eigenvalue weighted by Gasteiger charge is 2.15. The van der Waals surface area contributed by atoms with Crippen LogP contribution in [-0.4, -0.2) is 51.9 Å². The smallest absolute Gasteiger partial charge is 0.337 e. The minimum Gasteiger partial charge on any atom is -0.508 e. The van der Waals surface area contributed by atoms with Crippen molar-refractivity contribution < 1.29 is 24.9 Å². The number of aromatic hydroxyl groups is 1. The number of nitrogens with one attached hydrogen (secondary N) is 1. The molecule has 7 nitrogen and oxygen atoms in total. The summed E-state index contributed by atoms with van der Waals surface area (Å²) in [4.78, 5) is 24.2. The number of carboxylic acids is 1. The van der Waals surface area contributed by atoms with Crippen molar-refractivity contribution in [2.45, 2.75) is 19.4 Å². The number of carboxylic acid groups (broad SMARTS) is 1. The Labute approximate surface area is 116 Å². The number of aliphatic hydroxyl groups excluding tert-OH is 1. The summed E-state index contributed by atoms with van der Waals surface area (Å²) in [5, 5.41) is 29.9. The van der Waals surface area contributed by atoms with Gasteiger partial charge in [-0.15, -0.1) is 0 Å². The van der Waals surface area contributed by atoms with E-state index in [1.165, 1.54) is 17.0 Å². The number of rotatable bonds is 5. The Balaban J connectivity index is 2.77. The number of hydrogen-bond acceptors (Lipinski definition) is 4. The fourth-order valence-corrected chi connectivity index (χ4v) is 1.51. The molecule has 0 aliphatic rings. The second-order valence-corrected chi connectivity index (χ2v) is 4.52. The summed E-state index contributed by atoms with van der Waals surface area (Å²) in [7, 11) is 1.54. The van der Waals surface area contributed by atoms with E-state index in [0.717, 1.165) is 6.07 Å². The number of urea groups is 1. The SMILES string of the molecule is CC(O)CCN(C)C(=O)Nc1ccc(O)cc1C(=O)O. The van der Waals surface area contributed by atoms with Gasteiger partial charge in [-0.05, 0) is 31.5 Å². The van der Waals surface area contributed by atoms with E-state index in [-0.39, 0.29) is 17.0 Å². The lowest BCUT2D eigenvalue weighted by Crippen LogP contribution is -2.33. The van der Waals surface area contributed by atoms with E-state index in [1.54, 1.807) is 14.0 Å². The molecule has 1 unspecified atom stereocenters. The number of aromatic carboxylic acids is 1. The number of carbonyl (C=O) groups excluding carboxylic acids is 1. The number of carbonyl (C=O) groups is 2. The largest absolute Gasteiger partial charge is 0.508 e. The first kappa shape index (κ1) is 15.8. The second kappa shape index (κ2) is 6.76. The Morgan fingerprint density at radius 1 is 1.40 bits per heavy atom. The average molecular weight is 282 g/mol. The Kier molecular flexibility index (Phi) is 5.33. The monoisotopic (exact) mass is 282 g/mol. The van der Waals surface area contributed by atoms with Crippen LogP contribution in [0.4, 0.5) is 10.5 Å². The summed E-state index contributed by atoms with van der Waals surface area (Å²) >= 11 is 0. The molecule has 1 aromatic rings. The third-order valence-corrected chi connectivity index (χ3v) is 2.70.